The fourth-order valence-electron chi connectivity index (χ4n) is 5.02. The Bertz CT molecular complexity index is 1200. The molecule has 0 saturated carbocycles. The number of aryl methyl sites for hydroxylation is 1. The maximum atomic E-state index is 11.6. The van der Waals surface area contributed by atoms with E-state index in [4.69, 9.17) is 4.74 Å². The van der Waals surface area contributed by atoms with Crippen LogP contribution in [-0.2, 0) is 24.1 Å². The van der Waals surface area contributed by atoms with E-state index in [-0.39, 0.29) is 5.97 Å². The van der Waals surface area contributed by atoms with E-state index in [9.17, 15) is 10.1 Å². The lowest BCUT2D eigenvalue weighted by atomic mass is 10.1. The zero-order valence-electron chi connectivity index (χ0n) is 19.0. The summed E-state index contributed by atoms with van der Waals surface area (Å²) in [5, 5.41) is 9.76. The molecule has 8 nitrogen and oxygen atoms in total. The van der Waals surface area contributed by atoms with Gasteiger partial charge in [0.2, 0.25) is 0 Å². The second-order valence-electron chi connectivity index (χ2n) is 8.70. The van der Waals surface area contributed by atoms with Crippen molar-refractivity contribution >= 4 is 22.8 Å². The molecule has 4 heterocycles. The van der Waals surface area contributed by atoms with Crippen LogP contribution in [0.2, 0.25) is 0 Å². The molecule has 33 heavy (non-hydrogen) atoms. The second-order valence-corrected chi connectivity index (χ2v) is 8.70. The smallest absolute Gasteiger partial charge is 0.337 e. The Kier molecular flexibility index (Phi) is 5.97. The third-order valence-electron chi connectivity index (χ3n) is 6.84. The fraction of sp³-hybridized carbons (Fsp3) is 0.440. The zero-order chi connectivity index (χ0) is 22.8. The van der Waals surface area contributed by atoms with Crippen LogP contribution in [0.3, 0.4) is 0 Å². The van der Waals surface area contributed by atoms with Crippen molar-refractivity contribution in [3.63, 3.8) is 0 Å². The zero-order valence-corrected chi connectivity index (χ0v) is 19.0. The Morgan fingerprint density at radius 2 is 1.88 bits per heavy atom. The number of piperazine rings is 1. The predicted molar refractivity (Wildman–Crippen MR) is 125 cm³/mol. The summed E-state index contributed by atoms with van der Waals surface area (Å²) in [4.78, 5) is 25.6. The molecule has 0 N–H and O–H groups in total. The van der Waals surface area contributed by atoms with E-state index in [1.54, 1.807) is 6.33 Å². The highest BCUT2D eigenvalue weighted by Crippen LogP contribution is 2.34. The molecule has 1 fully saturated rings. The summed E-state index contributed by atoms with van der Waals surface area (Å²) in [7, 11) is 1.40. The van der Waals surface area contributed by atoms with Gasteiger partial charge >= 0.3 is 5.97 Å². The van der Waals surface area contributed by atoms with E-state index < -0.39 is 0 Å². The van der Waals surface area contributed by atoms with Crippen LogP contribution in [0.4, 0.5) is 5.82 Å². The van der Waals surface area contributed by atoms with Gasteiger partial charge in [0, 0.05) is 45.0 Å². The first-order chi connectivity index (χ1) is 16.2. The minimum atomic E-state index is -0.303. The maximum absolute atomic E-state index is 11.6. The number of rotatable bonds is 5. The summed E-state index contributed by atoms with van der Waals surface area (Å²) in [6.07, 6.45) is 5.74. The number of ether oxygens (including phenoxy) is 1. The van der Waals surface area contributed by atoms with Crippen molar-refractivity contribution in [3.8, 4) is 6.07 Å². The number of benzene rings is 1. The minimum Gasteiger partial charge on any atom is -0.465 e. The molecule has 0 atom stereocenters. The average Bonchev–Trinajstić information content (AvgIpc) is 3.21. The molecular formula is C25H28N6O2. The van der Waals surface area contributed by atoms with Gasteiger partial charge in [0.1, 0.15) is 23.4 Å². The monoisotopic (exact) mass is 444 g/mol. The number of methoxy groups -OCH3 is 1. The van der Waals surface area contributed by atoms with Gasteiger partial charge in [-0.3, -0.25) is 4.90 Å². The number of nitrogens with zero attached hydrogens (tertiary/aromatic N) is 6. The molecule has 0 amide bonds. The largest absolute Gasteiger partial charge is 0.465 e. The van der Waals surface area contributed by atoms with Crippen LogP contribution < -0.4 is 4.90 Å². The molecule has 0 radical (unpaired) electrons. The van der Waals surface area contributed by atoms with Gasteiger partial charge in [-0.1, -0.05) is 12.1 Å². The van der Waals surface area contributed by atoms with Gasteiger partial charge in [-0.2, -0.15) is 5.26 Å². The van der Waals surface area contributed by atoms with Crippen molar-refractivity contribution in [2.24, 2.45) is 0 Å². The molecule has 0 unspecified atom stereocenters. The van der Waals surface area contributed by atoms with E-state index in [2.05, 4.69) is 30.4 Å². The molecular weight excluding hydrogens is 416 g/mol. The van der Waals surface area contributed by atoms with Crippen LogP contribution in [0, 0.1) is 11.3 Å². The second kappa shape index (κ2) is 9.20. The van der Waals surface area contributed by atoms with Crippen LogP contribution in [0.25, 0.3) is 11.0 Å². The topological polar surface area (TPSA) is 87.3 Å². The number of esters is 1. The highest BCUT2D eigenvalue weighted by Gasteiger charge is 2.27. The molecule has 2 aromatic heterocycles. The van der Waals surface area contributed by atoms with E-state index in [0.29, 0.717) is 5.56 Å². The molecule has 1 saturated heterocycles. The van der Waals surface area contributed by atoms with Crippen molar-refractivity contribution in [1.82, 2.24) is 19.4 Å². The third kappa shape index (κ3) is 4.05. The molecule has 170 valence electrons. The lowest BCUT2D eigenvalue weighted by molar-refractivity contribution is 0.0600. The van der Waals surface area contributed by atoms with Gasteiger partial charge in [-0.15, -0.1) is 0 Å². The van der Waals surface area contributed by atoms with Crippen LogP contribution in [0.5, 0.6) is 0 Å². The van der Waals surface area contributed by atoms with Gasteiger partial charge < -0.3 is 14.2 Å². The number of anilines is 1. The van der Waals surface area contributed by atoms with Crippen LogP contribution in [0.1, 0.15) is 40.0 Å². The first-order valence-corrected chi connectivity index (χ1v) is 11.6. The van der Waals surface area contributed by atoms with Crippen molar-refractivity contribution < 1.29 is 9.53 Å². The summed E-state index contributed by atoms with van der Waals surface area (Å²) in [6.45, 7) is 5.63. The highest BCUT2D eigenvalue weighted by molar-refractivity contribution is 5.92. The van der Waals surface area contributed by atoms with Gasteiger partial charge in [-0.25, -0.2) is 14.8 Å². The number of carbonyl (C=O) groups is 1. The molecule has 2 aliphatic heterocycles. The molecule has 1 aromatic carbocycles. The van der Waals surface area contributed by atoms with Gasteiger partial charge in [0.25, 0.3) is 0 Å². The number of hydrogen-bond acceptors (Lipinski definition) is 7. The number of hydrogen-bond donors (Lipinski definition) is 0. The van der Waals surface area contributed by atoms with E-state index in [0.717, 1.165) is 93.1 Å². The van der Waals surface area contributed by atoms with Crippen LogP contribution >= 0.6 is 0 Å². The van der Waals surface area contributed by atoms with Crippen LogP contribution in [0.15, 0.2) is 30.6 Å². The van der Waals surface area contributed by atoms with Gasteiger partial charge in [0.05, 0.1) is 18.2 Å². The maximum Gasteiger partial charge on any atom is 0.337 e. The fourth-order valence-corrected chi connectivity index (χ4v) is 5.02. The average molecular weight is 445 g/mol. The summed E-state index contributed by atoms with van der Waals surface area (Å²) in [5.41, 5.74) is 5.48. The molecule has 0 aliphatic carbocycles. The quantitative estimate of drug-likeness (QED) is 0.559. The Morgan fingerprint density at radius 1 is 1.09 bits per heavy atom. The van der Waals surface area contributed by atoms with E-state index in [1.165, 1.54) is 12.7 Å². The van der Waals surface area contributed by atoms with Crippen molar-refractivity contribution in [3.05, 3.63) is 53.0 Å². The standard InChI is InChI=1S/C25H28N6O2/c1-33-25(32)19-7-5-18(6-8-19)9-11-29-12-14-30(15-13-29)24-23-22(27-17-28-24)20(16-26)21-4-2-3-10-31(21)23/h5-8,17H,2-4,9-15H2,1H3. The SMILES string of the molecule is COC(=O)c1ccc(CCN2CCN(c3ncnc4c(C#N)c5n(c34)CCCC5)CC2)cc1. The normalized spacial score (nSPS) is 16.4. The summed E-state index contributed by atoms with van der Waals surface area (Å²) < 4.78 is 7.05. The van der Waals surface area contributed by atoms with Gasteiger partial charge in [-0.05, 0) is 43.4 Å². The van der Waals surface area contributed by atoms with Gasteiger partial charge in [0.15, 0.2) is 5.82 Å². The first kappa shape index (κ1) is 21.4. The van der Waals surface area contributed by atoms with E-state index >= 15 is 0 Å². The summed E-state index contributed by atoms with van der Waals surface area (Å²) >= 11 is 0. The first-order valence-electron chi connectivity index (χ1n) is 11.6. The van der Waals surface area contributed by atoms with Crippen LogP contribution in [-0.4, -0.2) is 65.2 Å². The minimum absolute atomic E-state index is 0.303. The third-order valence-corrected chi connectivity index (χ3v) is 6.84. The number of fused-ring (bicyclic) bond motifs is 3. The molecule has 2 aliphatic rings. The number of nitriles is 1. The number of aromatic nitrogens is 3. The number of carbonyl (C=O) groups excluding carboxylic acids is 1. The summed E-state index contributed by atoms with van der Waals surface area (Å²) in [6, 6.07) is 10.1. The summed E-state index contributed by atoms with van der Waals surface area (Å²) in [5.74, 6) is 0.658. The highest BCUT2D eigenvalue weighted by atomic mass is 16.5. The Balaban J connectivity index is 1.26. The Labute approximate surface area is 193 Å². The molecule has 0 spiro atoms. The molecule has 3 aromatic rings. The Morgan fingerprint density at radius 3 is 2.61 bits per heavy atom. The molecule has 0 bridgehead atoms. The van der Waals surface area contributed by atoms with Crippen molar-refractivity contribution in [2.75, 3.05) is 44.7 Å². The molecule has 5 rings (SSSR count). The predicted octanol–water partition coefficient (Wildman–Crippen LogP) is 2.79. The lowest BCUT2D eigenvalue weighted by Crippen LogP contribution is -2.47. The van der Waals surface area contributed by atoms with Crippen molar-refractivity contribution in [1.29, 1.82) is 5.26 Å². The lowest BCUT2D eigenvalue weighted by Gasteiger charge is -2.35. The Hall–Kier alpha value is -3.44. The molecule has 8 heteroatoms. The van der Waals surface area contributed by atoms with E-state index in [1.807, 2.05) is 24.3 Å². The van der Waals surface area contributed by atoms with Crippen molar-refractivity contribution in [2.45, 2.75) is 32.2 Å².